The molecule has 7 heteroatoms. The van der Waals surface area contributed by atoms with Crippen molar-refractivity contribution in [3.8, 4) is 5.75 Å². The van der Waals surface area contributed by atoms with Gasteiger partial charge >= 0.3 is 11.9 Å². The van der Waals surface area contributed by atoms with E-state index in [0.717, 1.165) is 0 Å². The van der Waals surface area contributed by atoms with Crippen LogP contribution in [0.2, 0.25) is 0 Å². The second kappa shape index (κ2) is 9.12. The van der Waals surface area contributed by atoms with Crippen LogP contribution in [0.15, 0.2) is 47.0 Å². The molecule has 0 aliphatic heterocycles. The lowest BCUT2D eigenvalue weighted by Gasteiger charge is -2.17. The third kappa shape index (κ3) is 5.54. The van der Waals surface area contributed by atoms with Gasteiger partial charge in [0.2, 0.25) is 0 Å². The number of hydrogen-bond donors (Lipinski definition) is 1. The normalized spacial score (nSPS) is 11.8. The Morgan fingerprint density at radius 1 is 1.35 bits per heavy atom. The Bertz CT molecular complexity index is 623. The molecule has 0 radical (unpaired) electrons. The maximum atomic E-state index is 11.5. The van der Waals surface area contributed by atoms with E-state index in [2.05, 4.69) is 32.0 Å². The zero-order valence-corrected chi connectivity index (χ0v) is 14.3. The van der Waals surface area contributed by atoms with Crippen LogP contribution in [-0.2, 0) is 19.1 Å². The molecule has 1 rings (SSSR count). The molecule has 124 valence electrons. The average Bonchev–Trinajstić information content (AvgIpc) is 2.57. The molecule has 0 heterocycles. The molecule has 0 aromatic heterocycles. The van der Waals surface area contributed by atoms with Crippen LogP contribution >= 0.6 is 15.9 Å². The third-order valence-electron chi connectivity index (χ3n) is 2.83. The zero-order chi connectivity index (χ0) is 17.4. The van der Waals surface area contributed by atoms with E-state index in [1.807, 2.05) is 0 Å². The Labute approximate surface area is 142 Å². The summed E-state index contributed by atoms with van der Waals surface area (Å²) in [5.41, 5.74) is 0.238. The lowest BCUT2D eigenvalue weighted by Crippen LogP contribution is -2.13. The van der Waals surface area contributed by atoms with Crippen LogP contribution in [-0.4, -0.2) is 37.9 Å². The first-order valence-corrected chi connectivity index (χ1v) is 7.32. The van der Waals surface area contributed by atoms with E-state index < -0.39 is 18.0 Å². The van der Waals surface area contributed by atoms with E-state index in [9.17, 15) is 14.7 Å². The number of methoxy groups -OCH3 is 2. The molecule has 1 atom stereocenters. The van der Waals surface area contributed by atoms with E-state index in [4.69, 9.17) is 4.74 Å². The summed E-state index contributed by atoms with van der Waals surface area (Å²) in [5.74, 6) is -0.863. The summed E-state index contributed by atoms with van der Waals surface area (Å²) in [6.45, 7) is 3.62. The van der Waals surface area contributed by atoms with Crippen molar-refractivity contribution < 1.29 is 28.9 Å². The van der Waals surface area contributed by atoms with Crippen molar-refractivity contribution in [1.82, 2.24) is 0 Å². The van der Waals surface area contributed by atoms with Crippen molar-refractivity contribution in [2.24, 2.45) is 0 Å². The Hall–Kier alpha value is -2.12. The molecule has 0 saturated carbocycles. The highest BCUT2D eigenvalue weighted by Gasteiger charge is 2.22. The minimum atomic E-state index is -1.28. The molecule has 0 amide bonds. The first-order chi connectivity index (χ1) is 10.9. The number of benzene rings is 1. The smallest absolute Gasteiger partial charge is 0.336 e. The Balaban J connectivity index is 2.92. The molecule has 0 fully saturated rings. The SMILES string of the molecule is C=C(C(=O)OC)C(O)c1cc(Br)ccc1OC/C=C/C(=O)OC. The Morgan fingerprint density at radius 3 is 2.65 bits per heavy atom. The predicted octanol–water partition coefficient (Wildman–Crippen LogP) is 2.32. The largest absolute Gasteiger partial charge is 0.489 e. The summed E-state index contributed by atoms with van der Waals surface area (Å²) in [7, 11) is 2.48. The molecule has 6 nitrogen and oxygen atoms in total. The van der Waals surface area contributed by atoms with Gasteiger partial charge in [-0.05, 0) is 24.3 Å². The van der Waals surface area contributed by atoms with Crippen LogP contribution in [0.1, 0.15) is 11.7 Å². The van der Waals surface area contributed by atoms with Gasteiger partial charge in [0.15, 0.2) is 0 Å². The Morgan fingerprint density at radius 2 is 2.04 bits per heavy atom. The number of carbonyl (C=O) groups is 2. The summed E-state index contributed by atoms with van der Waals surface area (Å²) in [6, 6.07) is 4.95. The third-order valence-corrected chi connectivity index (χ3v) is 3.33. The van der Waals surface area contributed by atoms with Crippen molar-refractivity contribution >= 4 is 27.9 Å². The van der Waals surface area contributed by atoms with E-state index in [1.165, 1.54) is 26.4 Å². The molecule has 0 saturated heterocycles. The van der Waals surface area contributed by atoms with E-state index in [-0.39, 0.29) is 12.2 Å². The number of rotatable bonds is 7. The Kier molecular flexibility index (Phi) is 7.50. The van der Waals surface area contributed by atoms with Crippen molar-refractivity contribution in [2.45, 2.75) is 6.10 Å². The van der Waals surface area contributed by atoms with Gasteiger partial charge in [0.05, 0.1) is 19.8 Å². The van der Waals surface area contributed by atoms with Crippen molar-refractivity contribution in [2.75, 3.05) is 20.8 Å². The average molecular weight is 385 g/mol. The van der Waals surface area contributed by atoms with Gasteiger partial charge in [-0.25, -0.2) is 9.59 Å². The van der Waals surface area contributed by atoms with Crippen LogP contribution in [0.4, 0.5) is 0 Å². The highest BCUT2D eigenvalue weighted by Crippen LogP contribution is 2.32. The molecular weight excluding hydrogens is 368 g/mol. The van der Waals surface area contributed by atoms with E-state index in [0.29, 0.717) is 15.8 Å². The number of halogens is 1. The molecule has 1 aromatic rings. The minimum Gasteiger partial charge on any atom is -0.489 e. The first kappa shape index (κ1) is 18.9. The van der Waals surface area contributed by atoms with Gasteiger partial charge < -0.3 is 19.3 Å². The van der Waals surface area contributed by atoms with Gasteiger partial charge in [-0.15, -0.1) is 0 Å². The van der Waals surface area contributed by atoms with Crippen molar-refractivity contribution in [3.05, 3.63) is 52.5 Å². The van der Waals surface area contributed by atoms with Crippen LogP contribution in [0.3, 0.4) is 0 Å². The fourth-order valence-electron chi connectivity index (χ4n) is 1.65. The van der Waals surface area contributed by atoms with Gasteiger partial charge in [-0.2, -0.15) is 0 Å². The number of hydrogen-bond acceptors (Lipinski definition) is 6. The quantitative estimate of drug-likeness (QED) is 0.573. The van der Waals surface area contributed by atoms with Gasteiger partial charge in [0, 0.05) is 16.1 Å². The second-order valence-electron chi connectivity index (χ2n) is 4.34. The molecule has 0 aliphatic carbocycles. The number of aliphatic hydroxyl groups excluding tert-OH is 1. The number of ether oxygens (including phenoxy) is 3. The minimum absolute atomic E-state index is 0.0845. The zero-order valence-electron chi connectivity index (χ0n) is 12.7. The number of aliphatic hydroxyl groups is 1. The second-order valence-corrected chi connectivity index (χ2v) is 5.25. The van der Waals surface area contributed by atoms with E-state index in [1.54, 1.807) is 18.2 Å². The highest BCUT2D eigenvalue weighted by atomic mass is 79.9. The van der Waals surface area contributed by atoms with Crippen molar-refractivity contribution in [3.63, 3.8) is 0 Å². The van der Waals surface area contributed by atoms with Crippen LogP contribution < -0.4 is 4.74 Å². The van der Waals surface area contributed by atoms with Gasteiger partial charge in [0.1, 0.15) is 18.5 Å². The lowest BCUT2D eigenvalue weighted by molar-refractivity contribution is -0.137. The maximum absolute atomic E-state index is 11.5. The standard InChI is InChI=1S/C16H17BrO6/c1-10(16(20)22-3)15(19)12-9-11(17)6-7-13(12)23-8-4-5-14(18)21-2/h4-7,9,15,19H,1,8H2,2-3H3/b5-4+. The summed E-state index contributed by atoms with van der Waals surface area (Å²) in [6.07, 6.45) is 1.42. The van der Waals surface area contributed by atoms with Crippen LogP contribution in [0.25, 0.3) is 0 Å². The molecule has 1 N–H and O–H groups in total. The van der Waals surface area contributed by atoms with Gasteiger partial charge in [-0.1, -0.05) is 22.5 Å². The topological polar surface area (TPSA) is 82.1 Å². The number of carbonyl (C=O) groups excluding carboxylic acids is 2. The highest BCUT2D eigenvalue weighted by molar-refractivity contribution is 9.10. The summed E-state index contributed by atoms with van der Waals surface area (Å²) in [4.78, 5) is 22.5. The molecule has 23 heavy (non-hydrogen) atoms. The molecule has 0 spiro atoms. The number of esters is 2. The van der Waals surface area contributed by atoms with Crippen LogP contribution in [0, 0.1) is 0 Å². The van der Waals surface area contributed by atoms with Gasteiger partial charge in [0.25, 0.3) is 0 Å². The monoisotopic (exact) mass is 384 g/mol. The molecule has 0 aliphatic rings. The van der Waals surface area contributed by atoms with Crippen LogP contribution in [0.5, 0.6) is 5.75 Å². The molecular formula is C16H17BrO6. The summed E-state index contributed by atoms with van der Waals surface area (Å²) in [5, 5.41) is 10.3. The van der Waals surface area contributed by atoms with Crippen molar-refractivity contribution in [1.29, 1.82) is 0 Å². The fraction of sp³-hybridized carbons (Fsp3) is 0.250. The molecule has 0 bridgehead atoms. The summed E-state index contributed by atoms with van der Waals surface area (Å²) >= 11 is 3.29. The molecule has 1 unspecified atom stereocenters. The molecule has 1 aromatic carbocycles. The van der Waals surface area contributed by atoms with Gasteiger partial charge in [-0.3, -0.25) is 0 Å². The lowest BCUT2D eigenvalue weighted by atomic mass is 10.0. The fourth-order valence-corrected chi connectivity index (χ4v) is 2.02. The maximum Gasteiger partial charge on any atom is 0.336 e. The van der Waals surface area contributed by atoms with E-state index >= 15 is 0 Å². The predicted molar refractivity (Wildman–Crippen MR) is 86.9 cm³/mol. The summed E-state index contributed by atoms with van der Waals surface area (Å²) < 4.78 is 15.2. The first-order valence-electron chi connectivity index (χ1n) is 6.52.